The predicted molar refractivity (Wildman–Crippen MR) is 132 cm³/mol. The lowest BCUT2D eigenvalue weighted by Crippen LogP contribution is -2.48. The van der Waals surface area contributed by atoms with Gasteiger partial charge in [0.2, 0.25) is 10.0 Å². The normalized spacial score (nSPS) is 22.4. The average Bonchev–Trinajstić information content (AvgIpc) is 3.09. The van der Waals surface area contributed by atoms with E-state index in [1.165, 1.54) is 16.4 Å². The lowest BCUT2D eigenvalue weighted by molar-refractivity contribution is -0.0440. The van der Waals surface area contributed by atoms with Gasteiger partial charge in [-0.25, -0.2) is 8.42 Å². The number of sulfonamides is 1. The van der Waals surface area contributed by atoms with E-state index in [0.29, 0.717) is 37.3 Å². The van der Waals surface area contributed by atoms with Gasteiger partial charge in [-0.15, -0.1) is 0 Å². The van der Waals surface area contributed by atoms with Crippen molar-refractivity contribution in [2.75, 3.05) is 39.3 Å². The van der Waals surface area contributed by atoms with Crippen molar-refractivity contribution >= 4 is 15.9 Å². The van der Waals surface area contributed by atoms with E-state index in [9.17, 15) is 13.2 Å². The number of nitriles is 1. The molecule has 0 bridgehead atoms. The molecule has 0 aromatic heterocycles. The van der Waals surface area contributed by atoms with Crippen molar-refractivity contribution in [3.05, 3.63) is 65.2 Å². The highest BCUT2D eigenvalue weighted by Crippen LogP contribution is 2.22. The number of carbonyl (C=O) groups is 1. The number of hydrogen-bond acceptors (Lipinski definition) is 6. The third-order valence-electron chi connectivity index (χ3n) is 6.49. The topological polar surface area (TPSA) is 94.0 Å². The Hall–Kier alpha value is -2.77. The highest BCUT2D eigenvalue weighted by Gasteiger charge is 2.32. The van der Waals surface area contributed by atoms with Crippen LogP contribution >= 0.6 is 0 Å². The number of amides is 1. The fraction of sp³-hybridized carbons (Fsp3) is 0.462. The first-order valence-electron chi connectivity index (χ1n) is 12.0. The minimum Gasteiger partial charge on any atom is -0.373 e. The Morgan fingerprint density at radius 1 is 0.971 bits per heavy atom. The molecule has 2 fully saturated rings. The lowest BCUT2D eigenvalue weighted by Gasteiger charge is -2.34. The first-order chi connectivity index (χ1) is 16.8. The van der Waals surface area contributed by atoms with Gasteiger partial charge in [0, 0.05) is 51.4 Å². The second kappa shape index (κ2) is 10.9. The van der Waals surface area contributed by atoms with Crippen LogP contribution in [0, 0.1) is 11.3 Å². The zero-order valence-corrected chi connectivity index (χ0v) is 21.1. The summed E-state index contributed by atoms with van der Waals surface area (Å²) in [7, 11) is -3.64. The quantitative estimate of drug-likeness (QED) is 0.632. The van der Waals surface area contributed by atoms with E-state index in [2.05, 4.69) is 11.0 Å². The van der Waals surface area contributed by atoms with Crippen molar-refractivity contribution in [3.8, 4) is 6.07 Å². The second-order valence-electron chi connectivity index (χ2n) is 9.33. The van der Waals surface area contributed by atoms with Gasteiger partial charge in [-0.1, -0.05) is 12.1 Å². The molecule has 8 nitrogen and oxygen atoms in total. The van der Waals surface area contributed by atoms with E-state index < -0.39 is 10.0 Å². The Morgan fingerprint density at radius 3 is 2.26 bits per heavy atom. The van der Waals surface area contributed by atoms with E-state index >= 15 is 0 Å². The Morgan fingerprint density at radius 2 is 1.63 bits per heavy atom. The molecule has 9 heteroatoms. The molecule has 35 heavy (non-hydrogen) atoms. The Balaban J connectivity index is 1.37. The molecule has 186 valence electrons. The molecule has 0 spiro atoms. The van der Waals surface area contributed by atoms with E-state index in [1.807, 2.05) is 43.0 Å². The Kier molecular flexibility index (Phi) is 7.87. The molecule has 0 saturated carbocycles. The van der Waals surface area contributed by atoms with Crippen molar-refractivity contribution in [1.29, 1.82) is 5.26 Å². The summed E-state index contributed by atoms with van der Waals surface area (Å²) in [5.74, 6) is -0.0808. The average molecular weight is 497 g/mol. The van der Waals surface area contributed by atoms with E-state index in [4.69, 9.17) is 10.00 Å². The summed E-state index contributed by atoms with van der Waals surface area (Å²) >= 11 is 0. The van der Waals surface area contributed by atoms with Gasteiger partial charge in [0.05, 0.1) is 28.7 Å². The maximum absolute atomic E-state index is 13.1. The van der Waals surface area contributed by atoms with Crippen LogP contribution in [0.2, 0.25) is 0 Å². The van der Waals surface area contributed by atoms with Crippen LogP contribution in [0.4, 0.5) is 0 Å². The van der Waals surface area contributed by atoms with Crippen LogP contribution in [0.1, 0.15) is 41.8 Å². The van der Waals surface area contributed by atoms with Gasteiger partial charge in [-0.3, -0.25) is 9.69 Å². The van der Waals surface area contributed by atoms with Crippen LogP contribution in [0.15, 0.2) is 53.4 Å². The highest BCUT2D eigenvalue weighted by molar-refractivity contribution is 7.89. The summed E-state index contributed by atoms with van der Waals surface area (Å²) < 4.78 is 33.3. The third-order valence-corrected chi connectivity index (χ3v) is 8.34. The fourth-order valence-electron chi connectivity index (χ4n) is 4.70. The van der Waals surface area contributed by atoms with Gasteiger partial charge < -0.3 is 9.64 Å². The molecule has 2 heterocycles. The Bertz CT molecular complexity index is 1170. The van der Waals surface area contributed by atoms with Crippen LogP contribution < -0.4 is 0 Å². The van der Waals surface area contributed by atoms with Crippen LogP contribution in [-0.4, -0.2) is 79.9 Å². The number of rotatable bonds is 5. The van der Waals surface area contributed by atoms with Crippen molar-refractivity contribution in [1.82, 2.24) is 14.1 Å². The zero-order valence-electron chi connectivity index (χ0n) is 20.3. The van der Waals surface area contributed by atoms with Gasteiger partial charge in [-0.05, 0) is 62.2 Å². The van der Waals surface area contributed by atoms with Gasteiger partial charge >= 0.3 is 0 Å². The number of morpholine rings is 1. The molecule has 2 aliphatic heterocycles. The molecular formula is C26H32N4O4S. The molecule has 1 amide bonds. The zero-order chi connectivity index (χ0) is 25.0. The first kappa shape index (κ1) is 25.3. The number of hydrogen-bond donors (Lipinski definition) is 0. The van der Waals surface area contributed by atoms with Crippen LogP contribution in [0.5, 0.6) is 0 Å². The summed E-state index contributed by atoms with van der Waals surface area (Å²) in [6, 6.07) is 16.0. The summed E-state index contributed by atoms with van der Waals surface area (Å²) in [5, 5.41) is 8.96. The molecule has 2 atom stereocenters. The smallest absolute Gasteiger partial charge is 0.253 e. The molecule has 2 saturated heterocycles. The monoisotopic (exact) mass is 496 g/mol. The fourth-order valence-corrected chi connectivity index (χ4v) is 6.29. The van der Waals surface area contributed by atoms with E-state index in [0.717, 1.165) is 31.6 Å². The van der Waals surface area contributed by atoms with E-state index in [-0.39, 0.29) is 23.0 Å². The molecular weight excluding hydrogens is 464 g/mol. The molecule has 0 N–H and O–H groups in total. The maximum Gasteiger partial charge on any atom is 0.253 e. The van der Waals surface area contributed by atoms with Crippen molar-refractivity contribution in [2.24, 2.45) is 0 Å². The Labute approximate surface area is 207 Å². The summed E-state index contributed by atoms with van der Waals surface area (Å²) in [5.41, 5.74) is 2.28. The second-order valence-corrected chi connectivity index (χ2v) is 11.3. The molecule has 0 aliphatic carbocycles. The SMILES string of the molecule is C[C@H]1CN(S(=O)(=O)c2ccc(C(=O)N3CCCN(Cc4ccc(C#N)cc4)CC3)cc2)C[C@H](C)O1. The molecule has 0 radical (unpaired) electrons. The highest BCUT2D eigenvalue weighted by atomic mass is 32.2. The van der Waals surface area contributed by atoms with Crippen molar-refractivity contribution in [2.45, 2.75) is 43.9 Å². The third kappa shape index (κ3) is 6.08. The van der Waals surface area contributed by atoms with Crippen LogP contribution in [0.25, 0.3) is 0 Å². The van der Waals surface area contributed by atoms with Gasteiger partial charge in [0.25, 0.3) is 5.91 Å². The predicted octanol–water partition coefficient (Wildman–Crippen LogP) is 2.70. The molecule has 0 unspecified atom stereocenters. The van der Waals surface area contributed by atoms with Crippen LogP contribution in [-0.2, 0) is 21.3 Å². The number of carbonyl (C=O) groups excluding carboxylic acids is 1. The minimum atomic E-state index is -3.64. The van der Waals surface area contributed by atoms with Crippen molar-refractivity contribution in [3.63, 3.8) is 0 Å². The minimum absolute atomic E-state index is 0.0808. The van der Waals surface area contributed by atoms with Crippen molar-refractivity contribution < 1.29 is 17.9 Å². The number of nitrogens with zero attached hydrogens (tertiary/aromatic N) is 4. The number of ether oxygens (including phenoxy) is 1. The van der Waals surface area contributed by atoms with Gasteiger partial charge in [0.1, 0.15) is 0 Å². The first-order valence-corrected chi connectivity index (χ1v) is 13.5. The van der Waals surface area contributed by atoms with Crippen LogP contribution in [0.3, 0.4) is 0 Å². The summed E-state index contributed by atoms with van der Waals surface area (Å²) in [4.78, 5) is 17.5. The lowest BCUT2D eigenvalue weighted by atomic mass is 10.1. The number of benzene rings is 2. The van der Waals surface area contributed by atoms with Gasteiger partial charge in [0.15, 0.2) is 0 Å². The molecule has 4 rings (SSSR count). The van der Waals surface area contributed by atoms with Gasteiger partial charge in [-0.2, -0.15) is 9.57 Å². The summed E-state index contributed by atoms with van der Waals surface area (Å²) in [6.45, 7) is 8.06. The van der Waals surface area contributed by atoms with E-state index in [1.54, 1.807) is 12.1 Å². The standard InChI is InChI=1S/C26H32N4O4S/c1-20-17-30(18-21(2)34-20)35(32,33)25-10-8-24(9-11-25)26(31)29-13-3-12-28(14-15-29)19-23-6-4-22(16-27)5-7-23/h4-11,20-21H,3,12-15,17-19H2,1-2H3/t20-,21-/m0/s1. The molecule has 2 aromatic carbocycles. The molecule has 2 aliphatic rings. The molecule has 2 aromatic rings. The largest absolute Gasteiger partial charge is 0.373 e. The maximum atomic E-state index is 13.1. The summed E-state index contributed by atoms with van der Waals surface area (Å²) in [6.07, 6.45) is 0.546.